The third-order valence-electron chi connectivity index (χ3n) is 4.90. The third kappa shape index (κ3) is 5.26. The van der Waals surface area contributed by atoms with E-state index in [2.05, 4.69) is 19.2 Å². The molecule has 5 heteroatoms. The van der Waals surface area contributed by atoms with E-state index in [1.54, 1.807) is 17.8 Å². The first-order chi connectivity index (χ1) is 11.5. The largest absolute Gasteiger partial charge is 0.465 e. The fourth-order valence-electron chi connectivity index (χ4n) is 3.20. The van der Waals surface area contributed by atoms with E-state index in [1.165, 1.54) is 20.0 Å². The molecule has 1 N–H and O–H groups in total. The van der Waals surface area contributed by atoms with Gasteiger partial charge in [0.15, 0.2) is 0 Å². The predicted molar refractivity (Wildman–Crippen MR) is 98.1 cm³/mol. The van der Waals surface area contributed by atoms with Crippen LogP contribution in [0, 0.1) is 11.8 Å². The first-order valence-corrected chi connectivity index (χ1v) is 9.71. The van der Waals surface area contributed by atoms with E-state index in [4.69, 9.17) is 4.74 Å². The zero-order chi connectivity index (χ0) is 17.5. The van der Waals surface area contributed by atoms with Crippen LogP contribution in [0.4, 0.5) is 0 Å². The number of carbonyl (C=O) groups excluding carboxylic acids is 2. The van der Waals surface area contributed by atoms with Gasteiger partial charge in [-0.05, 0) is 36.0 Å². The Labute approximate surface area is 148 Å². The van der Waals surface area contributed by atoms with Gasteiger partial charge in [-0.15, -0.1) is 11.8 Å². The van der Waals surface area contributed by atoms with E-state index >= 15 is 0 Å². The van der Waals surface area contributed by atoms with Gasteiger partial charge in [-0.2, -0.15) is 0 Å². The van der Waals surface area contributed by atoms with Gasteiger partial charge in [0.2, 0.25) is 5.91 Å². The highest BCUT2D eigenvalue weighted by Crippen LogP contribution is 2.29. The van der Waals surface area contributed by atoms with Crippen LogP contribution in [-0.2, 0) is 15.3 Å². The Balaban J connectivity index is 1.77. The summed E-state index contributed by atoms with van der Waals surface area (Å²) in [5.74, 6) is 2.15. The number of methoxy groups -OCH3 is 1. The summed E-state index contributed by atoms with van der Waals surface area (Å²) in [7, 11) is 1.38. The van der Waals surface area contributed by atoms with E-state index in [0.717, 1.165) is 12.0 Å². The Morgan fingerprint density at radius 2 is 2.08 bits per heavy atom. The fourth-order valence-corrected chi connectivity index (χ4v) is 3.99. The number of nitrogens with one attached hydrogen (secondary N) is 1. The minimum Gasteiger partial charge on any atom is -0.465 e. The van der Waals surface area contributed by atoms with E-state index in [-0.39, 0.29) is 11.9 Å². The van der Waals surface area contributed by atoms with Gasteiger partial charge in [-0.1, -0.05) is 38.8 Å². The second-order valence-electron chi connectivity index (χ2n) is 6.63. The first-order valence-electron chi connectivity index (χ1n) is 8.55. The zero-order valence-corrected chi connectivity index (χ0v) is 15.5. The smallest absolute Gasteiger partial charge is 0.337 e. The summed E-state index contributed by atoms with van der Waals surface area (Å²) in [6, 6.07) is 7.67. The molecule has 1 aliphatic carbocycles. The van der Waals surface area contributed by atoms with Crippen LogP contribution in [0.25, 0.3) is 0 Å². The van der Waals surface area contributed by atoms with Crippen molar-refractivity contribution in [3.05, 3.63) is 35.4 Å². The molecule has 1 aliphatic rings. The quantitative estimate of drug-likeness (QED) is 0.797. The Morgan fingerprint density at radius 1 is 1.29 bits per heavy atom. The average molecular weight is 349 g/mol. The van der Waals surface area contributed by atoms with Gasteiger partial charge in [0, 0.05) is 11.8 Å². The maximum Gasteiger partial charge on any atom is 0.337 e. The summed E-state index contributed by atoms with van der Waals surface area (Å²) in [5.41, 5.74) is 1.57. The van der Waals surface area contributed by atoms with Crippen LogP contribution in [-0.4, -0.2) is 30.8 Å². The highest BCUT2D eigenvalue weighted by Gasteiger charge is 2.27. The molecule has 0 heterocycles. The van der Waals surface area contributed by atoms with Gasteiger partial charge < -0.3 is 10.1 Å². The molecule has 0 aliphatic heterocycles. The summed E-state index contributed by atoms with van der Waals surface area (Å²) in [4.78, 5) is 23.7. The highest BCUT2D eigenvalue weighted by molar-refractivity contribution is 7.99. The Kier molecular flexibility index (Phi) is 7.16. The van der Waals surface area contributed by atoms with Crippen LogP contribution in [0.15, 0.2) is 24.3 Å². The number of thioether (sulfide) groups is 1. The number of ether oxygens (including phenoxy) is 1. The Bertz CT molecular complexity index is 575. The monoisotopic (exact) mass is 349 g/mol. The zero-order valence-electron chi connectivity index (χ0n) is 14.7. The second kappa shape index (κ2) is 9.11. The third-order valence-corrected chi connectivity index (χ3v) is 5.91. The van der Waals surface area contributed by atoms with Gasteiger partial charge in [0.1, 0.15) is 0 Å². The molecule has 2 rings (SSSR count). The molecule has 0 spiro atoms. The van der Waals surface area contributed by atoms with Crippen molar-refractivity contribution in [2.24, 2.45) is 11.8 Å². The van der Waals surface area contributed by atoms with Crippen molar-refractivity contribution in [1.29, 1.82) is 0 Å². The predicted octanol–water partition coefficient (Wildman–Crippen LogP) is 3.65. The van der Waals surface area contributed by atoms with E-state index in [1.807, 2.05) is 18.2 Å². The molecule has 0 unspecified atom stereocenters. The van der Waals surface area contributed by atoms with Crippen molar-refractivity contribution in [2.45, 2.75) is 44.9 Å². The van der Waals surface area contributed by atoms with Crippen LogP contribution in [0.5, 0.6) is 0 Å². The minimum atomic E-state index is -0.333. The molecule has 1 amide bonds. The number of carbonyl (C=O) groups is 2. The van der Waals surface area contributed by atoms with Crippen LogP contribution in [0.3, 0.4) is 0 Å². The topological polar surface area (TPSA) is 55.4 Å². The van der Waals surface area contributed by atoms with E-state index in [0.29, 0.717) is 34.9 Å². The average Bonchev–Trinajstić information content (AvgIpc) is 2.58. The molecule has 1 aromatic carbocycles. The van der Waals surface area contributed by atoms with Gasteiger partial charge in [0.05, 0.1) is 18.4 Å². The SMILES string of the molecule is COC(=O)c1cccc(CSCC(=O)N[C@@H]2CCC[C@H](C)[C@H]2C)c1. The van der Waals surface area contributed by atoms with Crippen molar-refractivity contribution in [3.8, 4) is 0 Å². The lowest BCUT2D eigenvalue weighted by atomic mass is 9.78. The van der Waals surface area contributed by atoms with Gasteiger partial charge >= 0.3 is 5.97 Å². The van der Waals surface area contributed by atoms with Crippen molar-refractivity contribution in [2.75, 3.05) is 12.9 Å². The molecular weight excluding hydrogens is 322 g/mol. The van der Waals surface area contributed by atoms with E-state index in [9.17, 15) is 9.59 Å². The normalized spacial score (nSPS) is 23.5. The standard InChI is InChI=1S/C19H27NO3S/c1-13-6-4-9-17(14(13)2)20-18(21)12-24-11-15-7-5-8-16(10-15)19(22)23-3/h5,7-8,10,13-14,17H,4,6,9,11-12H2,1-3H3,(H,20,21)/t13-,14+,17+/m0/s1. The van der Waals surface area contributed by atoms with Crippen molar-refractivity contribution >= 4 is 23.6 Å². The molecule has 4 nitrogen and oxygen atoms in total. The lowest BCUT2D eigenvalue weighted by Crippen LogP contribution is -2.44. The van der Waals surface area contributed by atoms with Crippen LogP contribution < -0.4 is 5.32 Å². The lowest BCUT2D eigenvalue weighted by molar-refractivity contribution is -0.120. The molecule has 0 aromatic heterocycles. The molecule has 1 fully saturated rings. The molecule has 132 valence electrons. The van der Waals surface area contributed by atoms with Crippen LogP contribution in [0.2, 0.25) is 0 Å². The van der Waals surface area contributed by atoms with Gasteiger partial charge in [-0.25, -0.2) is 4.79 Å². The van der Waals surface area contributed by atoms with Gasteiger partial charge in [-0.3, -0.25) is 4.79 Å². The molecular formula is C19H27NO3S. The van der Waals surface area contributed by atoms with Crippen molar-refractivity contribution < 1.29 is 14.3 Å². The molecule has 1 saturated carbocycles. The van der Waals surface area contributed by atoms with Gasteiger partial charge in [0.25, 0.3) is 0 Å². The molecule has 24 heavy (non-hydrogen) atoms. The number of hydrogen-bond donors (Lipinski definition) is 1. The summed E-state index contributed by atoms with van der Waals surface area (Å²) < 4.78 is 4.73. The van der Waals surface area contributed by atoms with Crippen LogP contribution in [0.1, 0.15) is 49.0 Å². The van der Waals surface area contributed by atoms with E-state index < -0.39 is 0 Å². The van der Waals surface area contributed by atoms with Crippen LogP contribution >= 0.6 is 11.8 Å². The maximum atomic E-state index is 12.2. The molecule has 1 aromatic rings. The number of benzene rings is 1. The molecule has 3 atom stereocenters. The maximum absolute atomic E-state index is 12.2. The lowest BCUT2D eigenvalue weighted by Gasteiger charge is -2.34. The Hall–Kier alpha value is -1.49. The first kappa shape index (κ1) is 18.8. The van der Waals surface area contributed by atoms with Crippen molar-refractivity contribution in [3.63, 3.8) is 0 Å². The number of esters is 1. The number of hydrogen-bond acceptors (Lipinski definition) is 4. The molecule has 0 saturated heterocycles. The number of amides is 1. The number of rotatable bonds is 6. The molecule has 0 bridgehead atoms. The van der Waals surface area contributed by atoms with Crippen molar-refractivity contribution in [1.82, 2.24) is 5.32 Å². The Morgan fingerprint density at radius 3 is 2.83 bits per heavy atom. The fraction of sp³-hybridized carbons (Fsp3) is 0.579. The highest BCUT2D eigenvalue weighted by atomic mass is 32.2. The summed E-state index contributed by atoms with van der Waals surface area (Å²) in [6.07, 6.45) is 3.55. The summed E-state index contributed by atoms with van der Waals surface area (Å²) >= 11 is 1.57. The minimum absolute atomic E-state index is 0.107. The summed E-state index contributed by atoms with van der Waals surface area (Å²) in [6.45, 7) is 4.51. The summed E-state index contributed by atoms with van der Waals surface area (Å²) in [5, 5.41) is 3.19. The molecule has 0 radical (unpaired) electrons. The second-order valence-corrected chi connectivity index (χ2v) is 7.61.